The predicted molar refractivity (Wildman–Crippen MR) is 100.0 cm³/mol. The van der Waals surface area contributed by atoms with Gasteiger partial charge in [-0.1, -0.05) is 6.07 Å². The van der Waals surface area contributed by atoms with Crippen LogP contribution < -0.4 is 5.32 Å². The van der Waals surface area contributed by atoms with Gasteiger partial charge < -0.3 is 15.0 Å². The van der Waals surface area contributed by atoms with Crippen molar-refractivity contribution in [3.8, 4) is 0 Å². The maximum absolute atomic E-state index is 12.9. The Morgan fingerprint density at radius 1 is 1.36 bits per heavy atom. The zero-order valence-corrected chi connectivity index (χ0v) is 16.2. The molecule has 0 unspecified atom stereocenters. The summed E-state index contributed by atoms with van der Waals surface area (Å²) in [6.45, 7) is 11.3. The van der Waals surface area contributed by atoms with Gasteiger partial charge in [-0.15, -0.1) is 11.3 Å². The minimum atomic E-state index is -0.921. The number of morpholine rings is 1. The molecule has 0 spiro atoms. The van der Waals surface area contributed by atoms with Crippen molar-refractivity contribution < 1.29 is 14.3 Å². The van der Waals surface area contributed by atoms with Crippen molar-refractivity contribution in [1.82, 2.24) is 15.1 Å². The maximum Gasteiger partial charge on any atom is 0.262 e. The van der Waals surface area contributed by atoms with Crippen molar-refractivity contribution in [2.45, 2.75) is 32.7 Å². The molecular formula is C18H29N3O3S. The van der Waals surface area contributed by atoms with E-state index >= 15 is 0 Å². The molecule has 25 heavy (non-hydrogen) atoms. The summed E-state index contributed by atoms with van der Waals surface area (Å²) in [6, 6.07) is 3.60. The molecule has 0 atom stereocenters. The molecule has 2 rings (SSSR count). The van der Waals surface area contributed by atoms with E-state index < -0.39 is 5.54 Å². The van der Waals surface area contributed by atoms with Crippen LogP contribution in [0.5, 0.6) is 0 Å². The second kappa shape index (κ2) is 9.31. The van der Waals surface area contributed by atoms with E-state index in [0.717, 1.165) is 39.3 Å². The van der Waals surface area contributed by atoms with Crippen LogP contribution in [0.1, 0.15) is 36.9 Å². The highest BCUT2D eigenvalue weighted by atomic mass is 32.1. The van der Waals surface area contributed by atoms with Crippen molar-refractivity contribution in [1.29, 1.82) is 0 Å². The van der Waals surface area contributed by atoms with Crippen molar-refractivity contribution in [3.63, 3.8) is 0 Å². The highest BCUT2D eigenvalue weighted by molar-refractivity contribution is 7.12. The summed E-state index contributed by atoms with van der Waals surface area (Å²) in [7, 11) is 0. The average molecular weight is 368 g/mol. The number of nitrogens with one attached hydrogen (secondary N) is 1. The topological polar surface area (TPSA) is 61.9 Å². The highest BCUT2D eigenvalue weighted by Gasteiger charge is 2.33. The molecule has 1 aromatic heterocycles. The Morgan fingerprint density at radius 2 is 2.08 bits per heavy atom. The second-order valence-electron chi connectivity index (χ2n) is 6.75. The van der Waals surface area contributed by atoms with Crippen LogP contribution in [0, 0.1) is 0 Å². The van der Waals surface area contributed by atoms with Crippen LogP contribution in [-0.2, 0) is 9.53 Å². The first-order chi connectivity index (χ1) is 11.9. The van der Waals surface area contributed by atoms with Crippen molar-refractivity contribution in [2.75, 3.05) is 45.9 Å². The summed E-state index contributed by atoms with van der Waals surface area (Å²) in [5.41, 5.74) is -0.921. The first-order valence-electron chi connectivity index (χ1n) is 8.89. The molecule has 0 saturated carbocycles. The molecule has 1 fully saturated rings. The van der Waals surface area contributed by atoms with Gasteiger partial charge in [-0.3, -0.25) is 14.5 Å². The van der Waals surface area contributed by atoms with Crippen molar-refractivity contribution >= 4 is 23.2 Å². The Kier molecular flexibility index (Phi) is 7.40. The molecule has 140 valence electrons. The molecule has 1 aromatic rings. The van der Waals surface area contributed by atoms with E-state index in [2.05, 4.69) is 10.2 Å². The lowest BCUT2D eigenvalue weighted by molar-refractivity contribution is -0.136. The first kappa shape index (κ1) is 19.9. The van der Waals surface area contributed by atoms with E-state index in [-0.39, 0.29) is 11.8 Å². The molecule has 1 aliphatic heterocycles. The van der Waals surface area contributed by atoms with Crippen LogP contribution in [0.2, 0.25) is 0 Å². The third-order valence-electron chi connectivity index (χ3n) is 4.38. The lowest BCUT2D eigenvalue weighted by atomic mass is 10.0. The molecule has 0 bridgehead atoms. The van der Waals surface area contributed by atoms with Crippen LogP contribution >= 0.6 is 11.3 Å². The number of rotatable bonds is 8. The van der Waals surface area contributed by atoms with Gasteiger partial charge in [-0.2, -0.15) is 0 Å². The fourth-order valence-corrected chi connectivity index (χ4v) is 3.53. The fraction of sp³-hybridized carbons (Fsp3) is 0.667. The van der Waals surface area contributed by atoms with Crippen LogP contribution in [0.4, 0.5) is 0 Å². The Labute approximate surface area is 154 Å². The number of thiophene rings is 1. The molecule has 1 aliphatic rings. The van der Waals surface area contributed by atoms with E-state index in [0.29, 0.717) is 18.0 Å². The monoisotopic (exact) mass is 367 g/mol. The summed E-state index contributed by atoms with van der Waals surface area (Å²) >= 11 is 1.37. The van der Waals surface area contributed by atoms with Gasteiger partial charge in [0, 0.05) is 32.7 Å². The highest BCUT2D eigenvalue weighted by Crippen LogP contribution is 2.14. The number of carbonyl (C=O) groups excluding carboxylic acids is 2. The van der Waals surface area contributed by atoms with Gasteiger partial charge in [-0.05, 0) is 38.6 Å². The number of amides is 2. The minimum absolute atomic E-state index is 0.0399. The summed E-state index contributed by atoms with van der Waals surface area (Å²) in [5, 5.41) is 4.72. The quantitative estimate of drug-likeness (QED) is 0.761. The van der Waals surface area contributed by atoms with Gasteiger partial charge in [0.05, 0.1) is 18.1 Å². The zero-order chi connectivity index (χ0) is 18.3. The molecule has 0 aromatic carbocycles. The third kappa shape index (κ3) is 5.80. The van der Waals surface area contributed by atoms with E-state index in [9.17, 15) is 9.59 Å². The molecule has 0 aliphatic carbocycles. The number of ether oxygens (including phenoxy) is 1. The molecule has 0 radical (unpaired) electrons. The van der Waals surface area contributed by atoms with Crippen LogP contribution in [0.3, 0.4) is 0 Å². The average Bonchev–Trinajstić information content (AvgIpc) is 3.13. The zero-order valence-electron chi connectivity index (χ0n) is 15.4. The Hall–Kier alpha value is -1.44. The summed E-state index contributed by atoms with van der Waals surface area (Å²) in [4.78, 5) is 29.9. The number of hydrogen-bond acceptors (Lipinski definition) is 5. The number of likely N-dealkylation sites (N-methyl/N-ethyl adjacent to an activating group) is 1. The van der Waals surface area contributed by atoms with Gasteiger partial charge in [0.15, 0.2) is 0 Å². The Balaban J connectivity index is 1.84. The van der Waals surface area contributed by atoms with Gasteiger partial charge in [0.1, 0.15) is 5.54 Å². The summed E-state index contributed by atoms with van der Waals surface area (Å²) in [5.74, 6) is -0.236. The lowest BCUT2D eigenvalue weighted by Gasteiger charge is -2.33. The molecule has 2 amide bonds. The first-order valence-corrected chi connectivity index (χ1v) is 9.77. The summed E-state index contributed by atoms with van der Waals surface area (Å²) < 4.78 is 5.35. The van der Waals surface area contributed by atoms with Crippen molar-refractivity contribution in [2.24, 2.45) is 0 Å². The third-order valence-corrected chi connectivity index (χ3v) is 5.25. The van der Waals surface area contributed by atoms with Gasteiger partial charge >= 0.3 is 0 Å². The van der Waals surface area contributed by atoms with Gasteiger partial charge in [0.2, 0.25) is 5.91 Å². The number of nitrogens with zero attached hydrogens (tertiary/aromatic N) is 2. The summed E-state index contributed by atoms with van der Waals surface area (Å²) in [6.07, 6.45) is 0.925. The van der Waals surface area contributed by atoms with E-state index in [4.69, 9.17) is 4.74 Å². The lowest BCUT2D eigenvalue weighted by Crippen LogP contribution is -2.56. The standard InChI is InChI=1S/C18H29N3O3S/c1-4-21(9-6-8-20-10-12-24-13-11-20)17(23)18(2,3)19-16(22)15-7-5-14-25-15/h5,7,14H,4,6,8-13H2,1-3H3,(H,19,22). The van der Waals surface area contributed by atoms with E-state index in [1.165, 1.54) is 11.3 Å². The fourth-order valence-electron chi connectivity index (χ4n) is 2.92. The minimum Gasteiger partial charge on any atom is -0.379 e. The largest absolute Gasteiger partial charge is 0.379 e. The second-order valence-corrected chi connectivity index (χ2v) is 7.70. The molecule has 2 heterocycles. The van der Waals surface area contributed by atoms with Crippen LogP contribution in [-0.4, -0.2) is 73.1 Å². The molecule has 1 N–H and O–H groups in total. The smallest absolute Gasteiger partial charge is 0.262 e. The SMILES string of the molecule is CCN(CCCN1CCOCC1)C(=O)C(C)(C)NC(=O)c1cccs1. The van der Waals surface area contributed by atoms with E-state index in [1.807, 2.05) is 23.3 Å². The normalized spacial score (nSPS) is 15.8. The van der Waals surface area contributed by atoms with E-state index in [1.54, 1.807) is 19.9 Å². The Bertz CT molecular complexity index is 554. The predicted octanol–water partition coefficient (Wildman–Crippen LogP) is 1.83. The molecule has 1 saturated heterocycles. The van der Waals surface area contributed by atoms with Gasteiger partial charge in [-0.25, -0.2) is 0 Å². The van der Waals surface area contributed by atoms with Crippen LogP contribution in [0.15, 0.2) is 17.5 Å². The molecule has 7 heteroatoms. The molecular weight excluding hydrogens is 338 g/mol. The number of carbonyl (C=O) groups is 2. The van der Waals surface area contributed by atoms with Gasteiger partial charge in [0.25, 0.3) is 5.91 Å². The van der Waals surface area contributed by atoms with Crippen LogP contribution in [0.25, 0.3) is 0 Å². The molecule has 6 nitrogen and oxygen atoms in total. The number of hydrogen-bond donors (Lipinski definition) is 1. The Morgan fingerprint density at radius 3 is 2.68 bits per heavy atom. The van der Waals surface area contributed by atoms with Crippen molar-refractivity contribution in [3.05, 3.63) is 22.4 Å². The maximum atomic E-state index is 12.9.